The van der Waals surface area contributed by atoms with Crippen LogP contribution in [0, 0.1) is 11.8 Å². The fraction of sp³-hybridized carbons (Fsp3) is 0.846. The Hall–Kier alpha value is -1.30. The van der Waals surface area contributed by atoms with Crippen LogP contribution in [-0.2, 0) is 9.53 Å². The number of carboxylic acid groups (broad SMARTS) is 1. The average Bonchev–Trinajstić information content (AvgIpc) is 2.76. The molecule has 19 heavy (non-hydrogen) atoms. The van der Waals surface area contributed by atoms with E-state index in [0.29, 0.717) is 32.0 Å². The second-order valence-corrected chi connectivity index (χ2v) is 5.53. The monoisotopic (exact) mass is 272 g/mol. The first-order valence-electron chi connectivity index (χ1n) is 6.71. The molecule has 2 amide bonds. The number of urea groups is 1. The predicted octanol–water partition coefficient (Wildman–Crippen LogP) is 1.16. The van der Waals surface area contributed by atoms with Crippen LogP contribution in [0.2, 0.25) is 0 Å². The molecular weight excluding hydrogens is 248 g/mol. The predicted molar refractivity (Wildman–Crippen MR) is 71.0 cm³/mol. The molecule has 0 aromatic rings. The topological polar surface area (TPSA) is 78.9 Å². The Morgan fingerprint density at radius 3 is 2.68 bits per heavy atom. The molecule has 0 spiro atoms. The summed E-state index contributed by atoms with van der Waals surface area (Å²) < 4.78 is 5.07. The van der Waals surface area contributed by atoms with Crippen molar-refractivity contribution in [2.24, 2.45) is 11.8 Å². The lowest BCUT2D eigenvalue weighted by molar-refractivity contribution is -0.139. The Morgan fingerprint density at radius 2 is 2.16 bits per heavy atom. The highest BCUT2D eigenvalue weighted by molar-refractivity contribution is 5.82. The fourth-order valence-corrected chi connectivity index (χ4v) is 2.32. The number of ether oxygens (including phenoxy) is 1. The Balaban J connectivity index is 2.47. The zero-order chi connectivity index (χ0) is 14.4. The van der Waals surface area contributed by atoms with Crippen molar-refractivity contribution in [2.75, 3.05) is 26.8 Å². The number of carboxylic acids is 1. The molecule has 1 aliphatic heterocycles. The van der Waals surface area contributed by atoms with E-state index in [1.54, 1.807) is 12.0 Å². The molecule has 0 radical (unpaired) electrons. The molecule has 0 aliphatic carbocycles. The number of hydrogen-bond acceptors (Lipinski definition) is 3. The molecule has 0 saturated carbocycles. The summed E-state index contributed by atoms with van der Waals surface area (Å²) in [5.74, 6) is -0.403. The van der Waals surface area contributed by atoms with Crippen molar-refractivity contribution < 1.29 is 19.4 Å². The number of aliphatic carboxylic acids is 1. The van der Waals surface area contributed by atoms with Gasteiger partial charge in [-0.15, -0.1) is 0 Å². The second kappa shape index (κ2) is 7.33. The normalized spacial score (nSPS) is 20.6. The van der Waals surface area contributed by atoms with Crippen molar-refractivity contribution in [3.63, 3.8) is 0 Å². The van der Waals surface area contributed by atoms with Crippen molar-refractivity contribution in [3.05, 3.63) is 0 Å². The van der Waals surface area contributed by atoms with Gasteiger partial charge < -0.3 is 20.1 Å². The van der Waals surface area contributed by atoms with Crippen LogP contribution in [-0.4, -0.2) is 54.9 Å². The molecule has 1 fully saturated rings. The van der Waals surface area contributed by atoms with Gasteiger partial charge in [0.05, 0.1) is 6.61 Å². The van der Waals surface area contributed by atoms with Crippen molar-refractivity contribution >= 4 is 12.0 Å². The van der Waals surface area contributed by atoms with E-state index in [-0.39, 0.29) is 11.9 Å². The van der Waals surface area contributed by atoms with Crippen molar-refractivity contribution in [1.82, 2.24) is 10.2 Å². The summed E-state index contributed by atoms with van der Waals surface area (Å²) in [6.45, 7) is 5.80. The molecule has 0 aromatic heterocycles. The van der Waals surface area contributed by atoms with Gasteiger partial charge in [0, 0.05) is 26.1 Å². The maximum atomic E-state index is 12.0. The summed E-state index contributed by atoms with van der Waals surface area (Å²) in [4.78, 5) is 24.8. The van der Waals surface area contributed by atoms with Gasteiger partial charge in [-0.1, -0.05) is 13.8 Å². The lowest BCUT2D eigenvalue weighted by atomic mass is 10.0. The fourth-order valence-electron chi connectivity index (χ4n) is 2.32. The van der Waals surface area contributed by atoms with Crippen LogP contribution < -0.4 is 5.32 Å². The van der Waals surface area contributed by atoms with Gasteiger partial charge in [-0.3, -0.25) is 0 Å². The SMILES string of the molecule is COCC1CCN(C(=O)N[C@H](CC(C)C)C(=O)O)C1. The molecule has 1 rings (SSSR count). The van der Waals surface area contributed by atoms with Gasteiger partial charge >= 0.3 is 12.0 Å². The van der Waals surface area contributed by atoms with Crippen LogP contribution in [0.3, 0.4) is 0 Å². The van der Waals surface area contributed by atoms with Gasteiger partial charge in [0.1, 0.15) is 6.04 Å². The molecule has 2 N–H and O–H groups in total. The summed E-state index contributed by atoms with van der Waals surface area (Å²) in [5, 5.41) is 11.7. The van der Waals surface area contributed by atoms with E-state index in [0.717, 1.165) is 6.42 Å². The molecule has 6 heteroatoms. The van der Waals surface area contributed by atoms with E-state index < -0.39 is 12.0 Å². The average molecular weight is 272 g/mol. The summed E-state index contributed by atoms with van der Waals surface area (Å²) in [6.07, 6.45) is 1.35. The van der Waals surface area contributed by atoms with Crippen molar-refractivity contribution in [1.29, 1.82) is 0 Å². The molecule has 2 atom stereocenters. The van der Waals surface area contributed by atoms with Gasteiger partial charge in [-0.2, -0.15) is 0 Å². The van der Waals surface area contributed by atoms with Gasteiger partial charge in [0.25, 0.3) is 0 Å². The first-order chi connectivity index (χ1) is 8.93. The molecule has 110 valence electrons. The standard InChI is InChI=1S/C13H24N2O4/c1-9(2)6-11(12(16)17)14-13(18)15-5-4-10(7-15)8-19-3/h9-11H,4-8H2,1-3H3,(H,14,18)(H,16,17)/t10?,11-/m1/s1. The van der Waals surface area contributed by atoms with Crippen LogP contribution in [0.4, 0.5) is 4.79 Å². The van der Waals surface area contributed by atoms with E-state index in [1.807, 2.05) is 13.8 Å². The maximum absolute atomic E-state index is 12.0. The van der Waals surface area contributed by atoms with Crippen LogP contribution in [0.25, 0.3) is 0 Å². The molecular formula is C13H24N2O4. The number of methoxy groups -OCH3 is 1. The van der Waals surface area contributed by atoms with Gasteiger partial charge in [0.2, 0.25) is 0 Å². The number of nitrogens with zero attached hydrogens (tertiary/aromatic N) is 1. The molecule has 1 saturated heterocycles. The molecule has 1 heterocycles. The first-order valence-corrected chi connectivity index (χ1v) is 6.71. The number of amides is 2. The number of carbonyl (C=O) groups excluding carboxylic acids is 1. The third-order valence-electron chi connectivity index (χ3n) is 3.28. The van der Waals surface area contributed by atoms with Crippen LogP contribution in [0.15, 0.2) is 0 Å². The van der Waals surface area contributed by atoms with E-state index in [9.17, 15) is 9.59 Å². The molecule has 1 aliphatic rings. The Kier molecular flexibility index (Phi) is 6.08. The smallest absolute Gasteiger partial charge is 0.326 e. The van der Waals surface area contributed by atoms with Crippen LogP contribution >= 0.6 is 0 Å². The summed E-state index contributed by atoms with van der Waals surface area (Å²) in [6, 6.07) is -1.10. The van der Waals surface area contributed by atoms with Crippen LogP contribution in [0.1, 0.15) is 26.7 Å². The Morgan fingerprint density at radius 1 is 1.47 bits per heavy atom. The zero-order valence-corrected chi connectivity index (χ0v) is 11.9. The van der Waals surface area contributed by atoms with Crippen molar-refractivity contribution in [2.45, 2.75) is 32.7 Å². The highest BCUT2D eigenvalue weighted by Crippen LogP contribution is 2.16. The van der Waals surface area contributed by atoms with Crippen LogP contribution in [0.5, 0.6) is 0 Å². The minimum absolute atomic E-state index is 0.223. The van der Waals surface area contributed by atoms with Gasteiger partial charge in [0.15, 0.2) is 0 Å². The second-order valence-electron chi connectivity index (χ2n) is 5.53. The first kappa shape index (κ1) is 15.8. The number of carbonyl (C=O) groups is 2. The molecule has 0 aromatic carbocycles. The minimum Gasteiger partial charge on any atom is -0.480 e. The lowest BCUT2D eigenvalue weighted by Gasteiger charge is -2.22. The largest absolute Gasteiger partial charge is 0.480 e. The van der Waals surface area contributed by atoms with Crippen molar-refractivity contribution in [3.8, 4) is 0 Å². The number of nitrogens with one attached hydrogen (secondary N) is 1. The third-order valence-corrected chi connectivity index (χ3v) is 3.28. The Bertz CT molecular complexity index is 320. The highest BCUT2D eigenvalue weighted by Gasteiger charge is 2.29. The van der Waals surface area contributed by atoms with E-state index >= 15 is 0 Å². The minimum atomic E-state index is -0.977. The number of rotatable bonds is 6. The summed E-state index contributed by atoms with van der Waals surface area (Å²) in [5.41, 5.74) is 0. The zero-order valence-electron chi connectivity index (χ0n) is 11.9. The number of hydrogen-bond donors (Lipinski definition) is 2. The third kappa shape index (κ3) is 5.06. The maximum Gasteiger partial charge on any atom is 0.326 e. The Labute approximate surface area is 114 Å². The molecule has 0 bridgehead atoms. The molecule has 1 unspecified atom stereocenters. The van der Waals surface area contributed by atoms with E-state index in [4.69, 9.17) is 9.84 Å². The number of likely N-dealkylation sites (tertiary alicyclic amines) is 1. The van der Waals surface area contributed by atoms with Gasteiger partial charge in [-0.25, -0.2) is 9.59 Å². The molecule has 6 nitrogen and oxygen atoms in total. The summed E-state index contributed by atoms with van der Waals surface area (Å²) >= 11 is 0. The lowest BCUT2D eigenvalue weighted by Crippen LogP contribution is -2.47. The highest BCUT2D eigenvalue weighted by atomic mass is 16.5. The van der Waals surface area contributed by atoms with E-state index in [2.05, 4.69) is 5.32 Å². The summed E-state index contributed by atoms with van der Waals surface area (Å²) in [7, 11) is 1.64. The van der Waals surface area contributed by atoms with Gasteiger partial charge in [-0.05, 0) is 18.8 Å². The van der Waals surface area contributed by atoms with E-state index in [1.165, 1.54) is 0 Å². The quantitative estimate of drug-likeness (QED) is 0.760.